The molecule has 0 N–H and O–H groups in total. The number of hydrogen-bond acceptors (Lipinski definition) is 6. The van der Waals surface area contributed by atoms with Crippen LogP contribution in [-0.4, -0.2) is 66.9 Å². The number of aromatic nitrogens is 2. The van der Waals surface area contributed by atoms with Crippen LogP contribution in [0.5, 0.6) is 0 Å². The highest BCUT2D eigenvalue weighted by Gasteiger charge is 2.29. The maximum absolute atomic E-state index is 12.9. The van der Waals surface area contributed by atoms with Crippen molar-refractivity contribution in [2.75, 3.05) is 42.6 Å². The van der Waals surface area contributed by atoms with E-state index in [1.165, 1.54) is 0 Å². The number of hydrogen-bond donors (Lipinski definition) is 0. The van der Waals surface area contributed by atoms with Crippen LogP contribution < -0.4 is 4.90 Å². The topological polar surface area (TPSA) is 83.5 Å². The van der Waals surface area contributed by atoms with E-state index in [9.17, 15) is 13.2 Å². The van der Waals surface area contributed by atoms with Crippen LogP contribution in [-0.2, 0) is 14.6 Å². The molecule has 1 amide bonds. The Morgan fingerprint density at radius 1 is 0.838 bits per heavy atom. The number of carbonyl (C=O) groups excluding carboxylic acids is 1. The van der Waals surface area contributed by atoms with E-state index in [-0.39, 0.29) is 23.3 Å². The molecule has 10 heteroatoms. The van der Waals surface area contributed by atoms with E-state index in [1.54, 1.807) is 6.20 Å². The van der Waals surface area contributed by atoms with Gasteiger partial charge in [-0.3, -0.25) is 9.78 Å². The number of rotatable bonds is 5. The van der Waals surface area contributed by atoms with Crippen LogP contribution in [0.25, 0.3) is 22.5 Å². The summed E-state index contributed by atoms with van der Waals surface area (Å²) in [4.78, 5) is 26.7. The molecule has 1 aromatic heterocycles. The molecule has 3 aromatic rings. The summed E-state index contributed by atoms with van der Waals surface area (Å²) < 4.78 is 23.4. The summed E-state index contributed by atoms with van der Waals surface area (Å²) in [5.41, 5.74) is 3.33. The number of anilines is 1. The molecular formula is C27H28Cl2N4O3S. The highest BCUT2D eigenvalue weighted by Crippen LogP contribution is 2.32. The number of halogens is 2. The van der Waals surface area contributed by atoms with E-state index >= 15 is 0 Å². The van der Waals surface area contributed by atoms with Gasteiger partial charge in [0.1, 0.15) is 15.7 Å². The van der Waals surface area contributed by atoms with E-state index in [2.05, 4.69) is 4.90 Å². The molecule has 2 saturated heterocycles. The maximum atomic E-state index is 12.9. The van der Waals surface area contributed by atoms with Gasteiger partial charge < -0.3 is 9.80 Å². The van der Waals surface area contributed by atoms with Crippen molar-refractivity contribution in [3.8, 4) is 22.5 Å². The lowest BCUT2D eigenvalue weighted by atomic mass is 9.98. The molecule has 5 rings (SSSR count). The molecule has 194 valence electrons. The molecule has 0 unspecified atom stereocenters. The Bertz CT molecular complexity index is 1360. The maximum Gasteiger partial charge on any atom is 0.222 e. The van der Waals surface area contributed by atoms with Crippen molar-refractivity contribution in [3.63, 3.8) is 0 Å². The van der Waals surface area contributed by atoms with Crippen LogP contribution in [0.3, 0.4) is 0 Å². The fourth-order valence-electron chi connectivity index (χ4n) is 4.86. The van der Waals surface area contributed by atoms with Gasteiger partial charge in [-0.1, -0.05) is 47.5 Å². The number of carbonyl (C=O) groups is 1. The standard InChI is InChI=1S/C27H28Cl2N4O3S/c28-22-5-1-20(2-6-22)26-27(21-3-7-23(29)8-4-21)31-24(18-30-26)32-11-13-33(14-12-32)25(34)17-19-9-15-37(35,36)16-10-19/h1-8,18-19H,9-17H2. The average molecular weight is 560 g/mol. The Morgan fingerprint density at radius 3 is 1.95 bits per heavy atom. The zero-order valence-corrected chi connectivity index (χ0v) is 22.6. The van der Waals surface area contributed by atoms with Crippen molar-refractivity contribution < 1.29 is 13.2 Å². The molecule has 0 bridgehead atoms. The second kappa shape index (κ2) is 11.0. The van der Waals surface area contributed by atoms with Gasteiger partial charge in [-0.2, -0.15) is 0 Å². The van der Waals surface area contributed by atoms with E-state index in [1.807, 2.05) is 53.4 Å². The number of piperazine rings is 1. The first-order valence-electron chi connectivity index (χ1n) is 12.4. The van der Waals surface area contributed by atoms with Gasteiger partial charge in [0, 0.05) is 53.8 Å². The molecule has 2 aromatic carbocycles. The Labute approximate surface area is 227 Å². The second-order valence-electron chi connectivity index (χ2n) is 9.61. The van der Waals surface area contributed by atoms with E-state index in [0.29, 0.717) is 55.5 Å². The van der Waals surface area contributed by atoms with Crippen LogP contribution in [0.4, 0.5) is 5.82 Å². The lowest BCUT2D eigenvalue weighted by Crippen LogP contribution is -2.49. The average Bonchev–Trinajstić information content (AvgIpc) is 2.91. The van der Waals surface area contributed by atoms with Crippen LogP contribution >= 0.6 is 23.2 Å². The summed E-state index contributed by atoms with van der Waals surface area (Å²) in [7, 11) is -2.92. The third-order valence-corrected chi connectivity index (χ3v) is 9.31. The fourth-order valence-corrected chi connectivity index (χ4v) is 6.71. The first-order valence-corrected chi connectivity index (χ1v) is 15.0. The van der Waals surface area contributed by atoms with Crippen molar-refractivity contribution >= 4 is 44.8 Å². The highest BCUT2D eigenvalue weighted by molar-refractivity contribution is 7.91. The van der Waals surface area contributed by atoms with Crippen LogP contribution in [0, 0.1) is 5.92 Å². The van der Waals surface area contributed by atoms with Crippen molar-refractivity contribution in [3.05, 3.63) is 64.8 Å². The summed E-state index contributed by atoms with van der Waals surface area (Å²) in [6.07, 6.45) is 3.36. The lowest BCUT2D eigenvalue weighted by Gasteiger charge is -2.36. The summed E-state index contributed by atoms with van der Waals surface area (Å²) in [6.45, 7) is 2.50. The number of amides is 1. The van der Waals surface area contributed by atoms with Crippen molar-refractivity contribution in [2.24, 2.45) is 5.92 Å². The quantitative estimate of drug-likeness (QED) is 0.439. The zero-order valence-electron chi connectivity index (χ0n) is 20.3. The first kappa shape index (κ1) is 25.9. The highest BCUT2D eigenvalue weighted by atomic mass is 35.5. The molecule has 0 aliphatic carbocycles. The van der Waals surface area contributed by atoms with Crippen LogP contribution in [0.15, 0.2) is 54.7 Å². The predicted octanol–water partition coefficient (Wildman–Crippen LogP) is 4.98. The molecule has 0 radical (unpaired) electrons. The molecule has 2 fully saturated rings. The number of sulfone groups is 1. The Morgan fingerprint density at radius 2 is 1.38 bits per heavy atom. The molecular weight excluding hydrogens is 531 g/mol. The molecule has 0 saturated carbocycles. The van der Waals surface area contributed by atoms with Crippen molar-refractivity contribution in [2.45, 2.75) is 19.3 Å². The smallest absolute Gasteiger partial charge is 0.222 e. The number of nitrogens with zero attached hydrogens (tertiary/aromatic N) is 4. The Hall–Kier alpha value is -2.68. The molecule has 0 spiro atoms. The van der Waals surface area contributed by atoms with Gasteiger partial charge in [-0.25, -0.2) is 13.4 Å². The normalized spacial score (nSPS) is 18.1. The van der Waals surface area contributed by atoms with Crippen molar-refractivity contribution in [1.82, 2.24) is 14.9 Å². The minimum Gasteiger partial charge on any atom is -0.352 e. The lowest BCUT2D eigenvalue weighted by molar-refractivity contribution is -0.132. The van der Waals surface area contributed by atoms with Crippen molar-refractivity contribution in [1.29, 1.82) is 0 Å². The van der Waals surface area contributed by atoms with Gasteiger partial charge in [0.05, 0.1) is 29.1 Å². The van der Waals surface area contributed by atoms with Gasteiger partial charge in [0.2, 0.25) is 5.91 Å². The summed E-state index contributed by atoms with van der Waals surface area (Å²) in [6, 6.07) is 15.1. The largest absolute Gasteiger partial charge is 0.352 e. The predicted molar refractivity (Wildman–Crippen MR) is 148 cm³/mol. The zero-order chi connectivity index (χ0) is 26.0. The van der Waals surface area contributed by atoms with E-state index in [4.69, 9.17) is 33.2 Å². The summed E-state index contributed by atoms with van der Waals surface area (Å²) in [5.74, 6) is 1.41. The minimum absolute atomic E-state index is 0.106. The van der Waals surface area contributed by atoms with Crippen LogP contribution in [0.1, 0.15) is 19.3 Å². The van der Waals surface area contributed by atoms with E-state index < -0.39 is 9.84 Å². The van der Waals surface area contributed by atoms with E-state index in [0.717, 1.165) is 28.3 Å². The molecule has 2 aliphatic heterocycles. The second-order valence-corrected chi connectivity index (χ2v) is 12.8. The van der Waals surface area contributed by atoms with Gasteiger partial charge >= 0.3 is 0 Å². The third-order valence-electron chi connectivity index (χ3n) is 7.09. The summed E-state index contributed by atoms with van der Waals surface area (Å²) >= 11 is 12.2. The number of benzene rings is 2. The molecule has 3 heterocycles. The first-order chi connectivity index (χ1) is 17.8. The minimum atomic E-state index is -2.92. The fraction of sp³-hybridized carbons (Fsp3) is 0.370. The third kappa shape index (κ3) is 6.25. The van der Waals surface area contributed by atoms with Gasteiger partial charge in [0.25, 0.3) is 0 Å². The summed E-state index contributed by atoms with van der Waals surface area (Å²) in [5, 5.41) is 1.30. The van der Waals surface area contributed by atoms with Gasteiger partial charge in [-0.15, -0.1) is 0 Å². The van der Waals surface area contributed by atoms with Crippen LogP contribution in [0.2, 0.25) is 10.0 Å². The van der Waals surface area contributed by atoms with Gasteiger partial charge in [-0.05, 0) is 43.0 Å². The molecule has 37 heavy (non-hydrogen) atoms. The molecule has 0 atom stereocenters. The SMILES string of the molecule is O=C(CC1CCS(=O)(=O)CC1)N1CCN(c2cnc(-c3ccc(Cl)cc3)c(-c3ccc(Cl)cc3)n2)CC1. The molecule has 7 nitrogen and oxygen atoms in total. The monoisotopic (exact) mass is 558 g/mol. The Kier molecular flexibility index (Phi) is 7.70. The Balaban J connectivity index is 1.30. The molecule has 2 aliphatic rings. The van der Waals surface area contributed by atoms with Gasteiger partial charge in [0.15, 0.2) is 0 Å².